The lowest BCUT2D eigenvalue weighted by Crippen LogP contribution is -2.14. The fourth-order valence-corrected chi connectivity index (χ4v) is 8.22. The first kappa shape index (κ1) is 24.0. The molecule has 0 N–H and O–H groups in total. The van der Waals surface area contributed by atoms with Crippen LogP contribution >= 0.6 is 0 Å². The molecule has 0 fully saturated rings. The normalized spacial score (nSPS) is 14.5. The van der Waals surface area contributed by atoms with Gasteiger partial charge in [0.2, 0.25) is 0 Å². The van der Waals surface area contributed by atoms with Gasteiger partial charge >= 0.3 is 0 Å². The first-order valence-electron chi connectivity index (χ1n) is 15.2. The standard InChI is InChI=1S/C42H32/c1-25-15-20-35-36(23-25)40(28-19-21-30-29-10-6-7-14-37(29)42(2,3)38(30)24-28)32-11-4-5-12-33(32)41(35)34-22-18-27-17-16-26-9-8-13-31(34)39(26)27/h4-15,18-24H,16-17H2,1-3H3. The van der Waals surface area contributed by atoms with E-state index in [1.165, 1.54) is 93.5 Å². The third kappa shape index (κ3) is 3.13. The Bertz CT molecular complexity index is 2270. The average Bonchev–Trinajstić information content (AvgIpc) is 3.54. The summed E-state index contributed by atoms with van der Waals surface area (Å²) in [5, 5.41) is 8.17. The molecule has 2 aliphatic rings. The highest BCUT2D eigenvalue weighted by Gasteiger charge is 2.35. The van der Waals surface area contributed by atoms with Crippen molar-refractivity contribution in [2.75, 3.05) is 0 Å². The first-order chi connectivity index (χ1) is 20.5. The molecule has 0 saturated carbocycles. The van der Waals surface area contributed by atoms with Gasteiger partial charge < -0.3 is 0 Å². The van der Waals surface area contributed by atoms with Gasteiger partial charge in [0.15, 0.2) is 0 Å². The number of aryl methyl sites for hydroxylation is 3. The third-order valence-electron chi connectivity index (χ3n) is 10.2. The summed E-state index contributed by atoms with van der Waals surface area (Å²) in [4.78, 5) is 0. The second kappa shape index (κ2) is 8.43. The lowest BCUT2D eigenvalue weighted by Gasteiger charge is -2.23. The maximum atomic E-state index is 2.48. The summed E-state index contributed by atoms with van der Waals surface area (Å²) in [5.74, 6) is 0. The van der Waals surface area contributed by atoms with Crippen LogP contribution in [0.15, 0.2) is 115 Å². The van der Waals surface area contributed by atoms with Crippen LogP contribution in [0.4, 0.5) is 0 Å². The molecule has 0 spiro atoms. The summed E-state index contributed by atoms with van der Waals surface area (Å²) >= 11 is 0. The Labute approximate surface area is 247 Å². The molecular weight excluding hydrogens is 504 g/mol. The minimum Gasteiger partial charge on any atom is -0.0619 e. The molecule has 0 heterocycles. The number of fused-ring (bicyclic) bond motifs is 5. The Kier molecular flexibility index (Phi) is 4.81. The SMILES string of the molecule is Cc1ccc2c(-c3ccc4c5c(cccc35)CC4)c3ccccc3c(-c3ccc4c(c3)C(C)(C)c3ccccc3-4)c2c1. The first-order valence-corrected chi connectivity index (χ1v) is 15.2. The summed E-state index contributed by atoms with van der Waals surface area (Å²) in [5.41, 5.74) is 15.2. The van der Waals surface area contributed by atoms with Gasteiger partial charge in [-0.1, -0.05) is 129 Å². The maximum Gasteiger partial charge on any atom is 0.0159 e. The van der Waals surface area contributed by atoms with Gasteiger partial charge in [0.05, 0.1) is 0 Å². The second-order valence-corrected chi connectivity index (χ2v) is 12.9. The van der Waals surface area contributed by atoms with Crippen LogP contribution in [0.5, 0.6) is 0 Å². The molecule has 0 saturated heterocycles. The highest BCUT2D eigenvalue weighted by Crippen LogP contribution is 2.52. The molecule has 0 radical (unpaired) electrons. The van der Waals surface area contributed by atoms with E-state index in [1.54, 1.807) is 0 Å². The van der Waals surface area contributed by atoms with Gasteiger partial charge in [0.1, 0.15) is 0 Å². The van der Waals surface area contributed by atoms with Crippen molar-refractivity contribution in [3.8, 4) is 33.4 Å². The van der Waals surface area contributed by atoms with E-state index in [9.17, 15) is 0 Å². The molecule has 0 heteroatoms. The van der Waals surface area contributed by atoms with Crippen molar-refractivity contribution < 1.29 is 0 Å². The Hall–Kier alpha value is -4.68. The number of hydrogen-bond acceptors (Lipinski definition) is 0. The predicted octanol–water partition coefficient (Wildman–Crippen LogP) is 11.2. The Morgan fingerprint density at radius 3 is 2.00 bits per heavy atom. The van der Waals surface area contributed by atoms with Crippen LogP contribution in [-0.2, 0) is 18.3 Å². The predicted molar refractivity (Wildman–Crippen MR) is 180 cm³/mol. The van der Waals surface area contributed by atoms with Crippen LogP contribution in [0.3, 0.4) is 0 Å². The zero-order valence-electron chi connectivity index (χ0n) is 24.4. The van der Waals surface area contributed by atoms with Crippen LogP contribution in [0.25, 0.3) is 65.7 Å². The van der Waals surface area contributed by atoms with Gasteiger partial charge in [-0.25, -0.2) is 0 Å². The van der Waals surface area contributed by atoms with Crippen LogP contribution in [0.2, 0.25) is 0 Å². The summed E-state index contributed by atoms with van der Waals surface area (Å²) in [6, 6.07) is 44.0. The van der Waals surface area contributed by atoms with Gasteiger partial charge in [-0.2, -0.15) is 0 Å². The Morgan fingerprint density at radius 2 is 1.14 bits per heavy atom. The minimum atomic E-state index is -0.0337. The molecule has 200 valence electrons. The second-order valence-electron chi connectivity index (χ2n) is 12.9. The number of hydrogen-bond donors (Lipinski definition) is 0. The van der Waals surface area contributed by atoms with E-state index >= 15 is 0 Å². The van der Waals surface area contributed by atoms with Crippen molar-refractivity contribution in [1.29, 1.82) is 0 Å². The van der Waals surface area contributed by atoms with E-state index in [0.29, 0.717) is 0 Å². The highest BCUT2D eigenvalue weighted by molar-refractivity contribution is 6.24. The number of benzene rings is 7. The minimum absolute atomic E-state index is 0.0337. The van der Waals surface area contributed by atoms with Gasteiger partial charge in [0, 0.05) is 5.41 Å². The van der Waals surface area contributed by atoms with Gasteiger partial charge in [0.25, 0.3) is 0 Å². The fourth-order valence-electron chi connectivity index (χ4n) is 8.22. The Morgan fingerprint density at radius 1 is 0.476 bits per heavy atom. The molecule has 0 aromatic heterocycles. The zero-order chi connectivity index (χ0) is 28.2. The molecule has 0 atom stereocenters. The van der Waals surface area contributed by atoms with Crippen molar-refractivity contribution >= 4 is 32.3 Å². The van der Waals surface area contributed by atoms with E-state index in [0.717, 1.165) is 12.8 Å². The lowest BCUT2D eigenvalue weighted by atomic mass is 9.80. The van der Waals surface area contributed by atoms with Crippen LogP contribution in [0.1, 0.15) is 41.7 Å². The lowest BCUT2D eigenvalue weighted by molar-refractivity contribution is 0.660. The van der Waals surface area contributed by atoms with E-state index in [1.807, 2.05) is 0 Å². The summed E-state index contributed by atoms with van der Waals surface area (Å²) in [6.07, 6.45) is 2.29. The molecule has 0 nitrogen and oxygen atoms in total. The topological polar surface area (TPSA) is 0 Å². The molecule has 0 unspecified atom stereocenters. The maximum absolute atomic E-state index is 2.48. The van der Waals surface area contributed by atoms with E-state index in [-0.39, 0.29) is 5.41 Å². The third-order valence-corrected chi connectivity index (χ3v) is 10.2. The smallest absolute Gasteiger partial charge is 0.0159 e. The Balaban J connectivity index is 1.39. The average molecular weight is 537 g/mol. The molecular formula is C42H32. The van der Waals surface area contributed by atoms with Gasteiger partial charge in [-0.3, -0.25) is 0 Å². The molecule has 2 aliphatic carbocycles. The van der Waals surface area contributed by atoms with Crippen LogP contribution in [0, 0.1) is 6.92 Å². The number of rotatable bonds is 2. The molecule has 0 aliphatic heterocycles. The molecule has 0 amide bonds. The van der Waals surface area contributed by atoms with Crippen molar-refractivity contribution in [2.45, 2.75) is 39.0 Å². The monoisotopic (exact) mass is 536 g/mol. The molecule has 42 heavy (non-hydrogen) atoms. The van der Waals surface area contributed by atoms with Crippen molar-refractivity contribution in [3.63, 3.8) is 0 Å². The van der Waals surface area contributed by atoms with Crippen molar-refractivity contribution in [3.05, 3.63) is 143 Å². The summed E-state index contributed by atoms with van der Waals surface area (Å²) in [6.45, 7) is 6.97. The van der Waals surface area contributed by atoms with Crippen LogP contribution in [-0.4, -0.2) is 0 Å². The quantitative estimate of drug-likeness (QED) is 0.193. The summed E-state index contributed by atoms with van der Waals surface area (Å²) in [7, 11) is 0. The van der Waals surface area contributed by atoms with Gasteiger partial charge in [-0.05, 0) is 114 Å². The largest absolute Gasteiger partial charge is 0.0619 e. The van der Waals surface area contributed by atoms with Crippen molar-refractivity contribution in [1.82, 2.24) is 0 Å². The van der Waals surface area contributed by atoms with E-state index in [2.05, 4.69) is 136 Å². The van der Waals surface area contributed by atoms with E-state index < -0.39 is 0 Å². The zero-order valence-corrected chi connectivity index (χ0v) is 24.4. The molecule has 7 aromatic carbocycles. The summed E-state index contributed by atoms with van der Waals surface area (Å²) < 4.78 is 0. The molecule has 9 rings (SSSR count). The molecule has 0 bridgehead atoms. The fraction of sp³-hybridized carbons (Fsp3) is 0.143. The van der Waals surface area contributed by atoms with E-state index in [4.69, 9.17) is 0 Å². The van der Waals surface area contributed by atoms with Crippen molar-refractivity contribution in [2.24, 2.45) is 0 Å². The van der Waals surface area contributed by atoms with Crippen LogP contribution < -0.4 is 0 Å². The van der Waals surface area contributed by atoms with Gasteiger partial charge in [-0.15, -0.1) is 0 Å². The highest BCUT2D eigenvalue weighted by atomic mass is 14.4. The molecule has 7 aromatic rings.